The molecule has 5 rings (SSSR count). The van der Waals surface area contributed by atoms with E-state index in [1.54, 1.807) is 37.3 Å². The van der Waals surface area contributed by atoms with Crippen molar-refractivity contribution in [3.05, 3.63) is 71.9 Å². The molecule has 2 aromatic carbocycles. The van der Waals surface area contributed by atoms with E-state index in [0.29, 0.717) is 52.7 Å². The molecule has 0 bridgehead atoms. The second kappa shape index (κ2) is 8.55. The number of H-pyrrole nitrogens is 1. The van der Waals surface area contributed by atoms with Crippen LogP contribution in [0.3, 0.4) is 0 Å². The van der Waals surface area contributed by atoms with E-state index in [4.69, 9.17) is 9.15 Å². The Morgan fingerprint density at radius 2 is 1.60 bits per heavy atom. The van der Waals surface area contributed by atoms with Crippen LogP contribution in [0.1, 0.15) is 30.5 Å². The molecule has 1 fully saturated rings. The van der Waals surface area contributed by atoms with Crippen LogP contribution < -0.4 is 4.74 Å². The monoisotopic (exact) mass is 488 g/mol. The number of rotatable bonds is 6. The van der Waals surface area contributed by atoms with Gasteiger partial charge in [0.25, 0.3) is 0 Å². The Bertz CT molecular complexity index is 1330. The summed E-state index contributed by atoms with van der Waals surface area (Å²) in [6.45, 7) is 1.75. The molecule has 2 aromatic heterocycles. The maximum atomic E-state index is 14.5. The number of nitrogens with zero attached hydrogens (tertiary/aromatic N) is 1. The molecule has 182 valence electrons. The summed E-state index contributed by atoms with van der Waals surface area (Å²) in [7, 11) is 0. The predicted octanol–water partition coefficient (Wildman–Crippen LogP) is 8.10. The van der Waals surface area contributed by atoms with Crippen LogP contribution in [0.4, 0.5) is 22.0 Å². The highest BCUT2D eigenvalue weighted by Gasteiger charge is 2.46. The zero-order valence-corrected chi connectivity index (χ0v) is 18.6. The van der Waals surface area contributed by atoms with Gasteiger partial charge in [-0.25, -0.2) is 4.98 Å². The number of imidazole rings is 1. The zero-order chi connectivity index (χ0) is 24.8. The van der Waals surface area contributed by atoms with Crippen molar-refractivity contribution in [1.29, 1.82) is 0 Å². The molecule has 4 aromatic rings. The van der Waals surface area contributed by atoms with Crippen LogP contribution in [-0.4, -0.2) is 16.1 Å². The fourth-order valence-corrected chi connectivity index (χ4v) is 4.02. The lowest BCUT2D eigenvalue weighted by Gasteiger charge is -2.33. The molecule has 1 N–H and O–H groups in total. The zero-order valence-electron chi connectivity index (χ0n) is 18.6. The van der Waals surface area contributed by atoms with Crippen molar-refractivity contribution in [3.63, 3.8) is 0 Å². The lowest BCUT2D eigenvalue weighted by atomic mass is 9.84. The van der Waals surface area contributed by atoms with Crippen LogP contribution in [-0.2, 0) is 6.18 Å². The summed E-state index contributed by atoms with van der Waals surface area (Å²) in [5.74, 6) is 0.262. The Balaban J connectivity index is 1.41. The number of hydrogen-bond donors (Lipinski definition) is 1. The van der Waals surface area contributed by atoms with Gasteiger partial charge in [0, 0.05) is 11.3 Å². The number of halogens is 5. The normalized spacial score (nSPS) is 14.7. The average Bonchev–Trinajstić information content (AvgIpc) is 3.38. The van der Waals surface area contributed by atoms with Gasteiger partial charge in [-0.2, -0.15) is 22.0 Å². The lowest BCUT2D eigenvalue weighted by molar-refractivity contribution is -0.231. The van der Waals surface area contributed by atoms with Gasteiger partial charge >= 0.3 is 12.3 Å². The first kappa shape index (κ1) is 23.1. The Morgan fingerprint density at radius 3 is 2.26 bits per heavy atom. The first-order valence-corrected chi connectivity index (χ1v) is 11.1. The summed E-state index contributed by atoms with van der Waals surface area (Å²) >= 11 is 0. The third-order valence-electron chi connectivity index (χ3n) is 6.19. The molecule has 0 unspecified atom stereocenters. The molecule has 9 heteroatoms. The van der Waals surface area contributed by atoms with Gasteiger partial charge in [-0.05, 0) is 56.2 Å². The van der Waals surface area contributed by atoms with Crippen LogP contribution in [0, 0.1) is 12.8 Å². The molecule has 35 heavy (non-hydrogen) atoms. The topological polar surface area (TPSA) is 51.0 Å². The number of aryl methyl sites for hydroxylation is 1. The minimum atomic E-state index is -4.42. The highest BCUT2D eigenvalue weighted by Crippen LogP contribution is 2.43. The number of furan rings is 1. The summed E-state index contributed by atoms with van der Waals surface area (Å²) in [6.07, 6.45) is -6.06. The fourth-order valence-electron chi connectivity index (χ4n) is 4.02. The van der Waals surface area contributed by atoms with Gasteiger partial charge in [-0.15, -0.1) is 0 Å². The Morgan fingerprint density at radius 1 is 0.914 bits per heavy atom. The van der Waals surface area contributed by atoms with Gasteiger partial charge in [0.05, 0.1) is 22.7 Å². The summed E-state index contributed by atoms with van der Waals surface area (Å²) in [5.41, 5.74) is 1.27. The molecule has 0 saturated heterocycles. The fraction of sp³-hybridized carbons (Fsp3) is 0.269. The van der Waals surface area contributed by atoms with Gasteiger partial charge < -0.3 is 14.1 Å². The number of hydrogen-bond acceptors (Lipinski definition) is 3. The lowest BCUT2D eigenvalue weighted by Crippen LogP contribution is -2.38. The van der Waals surface area contributed by atoms with Gasteiger partial charge in [0.1, 0.15) is 11.5 Å². The number of aromatic amines is 1. The van der Waals surface area contributed by atoms with Crippen molar-refractivity contribution in [1.82, 2.24) is 9.97 Å². The standard InChI is InChI=1S/C26H21F5N2O2/c1-15-23(16-9-11-17(12-10-16)25(27,28)29)33-24(32-15)22-14-13-20(34-22)19-7-2-3-8-21(19)35-26(30,31)18-5-4-6-18/h2-3,7-14,18H,4-6H2,1H3,(H,32,33). The Hall–Kier alpha value is -3.62. The molecule has 2 heterocycles. The maximum absolute atomic E-state index is 14.5. The van der Waals surface area contributed by atoms with E-state index in [1.165, 1.54) is 18.2 Å². The molecule has 0 radical (unpaired) electrons. The predicted molar refractivity (Wildman–Crippen MR) is 120 cm³/mol. The molecule has 0 spiro atoms. The molecule has 4 nitrogen and oxygen atoms in total. The van der Waals surface area contributed by atoms with Crippen LogP contribution in [0.25, 0.3) is 34.2 Å². The third-order valence-corrected chi connectivity index (χ3v) is 6.19. The van der Waals surface area contributed by atoms with Gasteiger partial charge in [0.2, 0.25) is 0 Å². The highest BCUT2D eigenvalue weighted by atomic mass is 19.4. The van der Waals surface area contributed by atoms with Gasteiger partial charge in [-0.3, -0.25) is 0 Å². The van der Waals surface area contributed by atoms with Crippen molar-refractivity contribution in [3.8, 4) is 39.9 Å². The second-order valence-corrected chi connectivity index (χ2v) is 8.59. The molecule has 1 aliphatic rings. The van der Waals surface area contributed by atoms with E-state index in [9.17, 15) is 22.0 Å². The van der Waals surface area contributed by atoms with Crippen molar-refractivity contribution < 1.29 is 31.1 Å². The van der Waals surface area contributed by atoms with E-state index < -0.39 is 23.8 Å². The Kier molecular flexibility index (Phi) is 5.65. The Labute approximate surface area is 197 Å². The summed E-state index contributed by atoms with van der Waals surface area (Å²) in [6, 6.07) is 14.4. The van der Waals surface area contributed by atoms with E-state index in [1.807, 2.05) is 0 Å². The van der Waals surface area contributed by atoms with Crippen molar-refractivity contribution >= 4 is 0 Å². The van der Waals surface area contributed by atoms with Crippen LogP contribution in [0.5, 0.6) is 5.75 Å². The molecule has 0 atom stereocenters. The van der Waals surface area contributed by atoms with Crippen LogP contribution in [0.15, 0.2) is 65.1 Å². The van der Waals surface area contributed by atoms with Gasteiger partial charge in [0.15, 0.2) is 11.6 Å². The first-order valence-electron chi connectivity index (χ1n) is 11.1. The molecule has 0 aliphatic heterocycles. The third kappa shape index (κ3) is 4.54. The van der Waals surface area contributed by atoms with Crippen LogP contribution >= 0.6 is 0 Å². The smallest absolute Gasteiger partial charge is 0.416 e. The van der Waals surface area contributed by atoms with Crippen LogP contribution in [0.2, 0.25) is 0 Å². The summed E-state index contributed by atoms with van der Waals surface area (Å²) < 4.78 is 78.6. The SMILES string of the molecule is Cc1[nH]c(-c2ccc(-c3ccccc3OC(F)(F)C3CCC3)o2)nc1-c1ccc(C(F)(F)F)cc1. The molecule has 1 aliphatic carbocycles. The molecular formula is C26H21F5N2O2. The average molecular weight is 488 g/mol. The van der Waals surface area contributed by atoms with E-state index in [2.05, 4.69) is 9.97 Å². The highest BCUT2D eigenvalue weighted by molar-refractivity contribution is 5.70. The van der Waals surface area contributed by atoms with Crippen molar-refractivity contribution in [2.24, 2.45) is 5.92 Å². The number of aromatic nitrogens is 2. The van der Waals surface area contributed by atoms with E-state index in [0.717, 1.165) is 18.6 Å². The quantitative estimate of drug-likeness (QED) is 0.279. The van der Waals surface area contributed by atoms with Crippen molar-refractivity contribution in [2.75, 3.05) is 0 Å². The number of ether oxygens (including phenoxy) is 1. The van der Waals surface area contributed by atoms with E-state index >= 15 is 0 Å². The number of nitrogens with one attached hydrogen (secondary N) is 1. The first-order chi connectivity index (χ1) is 16.6. The summed E-state index contributed by atoms with van der Waals surface area (Å²) in [5, 5.41) is 0. The molecule has 1 saturated carbocycles. The van der Waals surface area contributed by atoms with E-state index in [-0.39, 0.29) is 5.75 Å². The number of alkyl halides is 5. The largest absolute Gasteiger partial charge is 0.453 e. The number of benzene rings is 2. The minimum Gasteiger partial charge on any atom is -0.453 e. The minimum absolute atomic E-state index is 0.0198. The van der Waals surface area contributed by atoms with Gasteiger partial charge in [-0.1, -0.05) is 30.7 Å². The maximum Gasteiger partial charge on any atom is 0.416 e. The second-order valence-electron chi connectivity index (χ2n) is 8.59. The molecular weight excluding hydrogens is 467 g/mol. The van der Waals surface area contributed by atoms with Crippen molar-refractivity contribution in [2.45, 2.75) is 38.5 Å². The molecule has 0 amide bonds. The number of para-hydroxylation sites is 1. The summed E-state index contributed by atoms with van der Waals surface area (Å²) in [4.78, 5) is 7.56.